The number of anilines is 1. The van der Waals surface area contributed by atoms with Crippen molar-refractivity contribution >= 4 is 40.2 Å². The van der Waals surface area contributed by atoms with E-state index in [0.717, 1.165) is 0 Å². The number of nitrogens with zero attached hydrogens (tertiary/aromatic N) is 2. The van der Waals surface area contributed by atoms with E-state index in [0.29, 0.717) is 16.3 Å². The standard InChI is InChI=1S/C22H15ClN4O5/c1-27-18-16(20(29)26-22(27)31)10-12(11-24-18)21(30)32-14-8-6-13(7-9-14)25-19(28)15-4-2-3-5-17(15)23/h2-11H,1H3,(H,25,28)(H,26,29,31). The highest BCUT2D eigenvalue weighted by Crippen LogP contribution is 2.20. The number of benzene rings is 2. The lowest BCUT2D eigenvalue weighted by Gasteiger charge is -2.09. The van der Waals surface area contributed by atoms with Crippen molar-refractivity contribution in [1.82, 2.24) is 14.5 Å². The van der Waals surface area contributed by atoms with Crippen molar-refractivity contribution in [1.29, 1.82) is 0 Å². The Balaban J connectivity index is 1.49. The molecule has 0 saturated heterocycles. The summed E-state index contributed by atoms with van der Waals surface area (Å²) in [6.07, 6.45) is 1.22. The van der Waals surface area contributed by atoms with Gasteiger partial charge in [0.2, 0.25) is 0 Å². The summed E-state index contributed by atoms with van der Waals surface area (Å²) in [6, 6.07) is 14.1. The number of H-pyrrole nitrogens is 1. The minimum Gasteiger partial charge on any atom is -0.423 e. The topological polar surface area (TPSA) is 123 Å². The molecular formula is C22H15ClN4O5. The number of ether oxygens (including phenoxy) is 1. The predicted octanol–water partition coefficient (Wildman–Crippen LogP) is 2.75. The molecule has 4 aromatic rings. The molecule has 1 amide bonds. The molecule has 4 rings (SSSR count). The van der Waals surface area contributed by atoms with Crippen molar-refractivity contribution in [2.45, 2.75) is 0 Å². The Kier molecular flexibility index (Phi) is 5.57. The maximum absolute atomic E-state index is 12.5. The molecule has 0 aliphatic heterocycles. The van der Waals surface area contributed by atoms with Crippen LogP contribution in [0.1, 0.15) is 20.7 Å². The van der Waals surface area contributed by atoms with Crippen molar-refractivity contribution in [3.63, 3.8) is 0 Å². The minimum atomic E-state index is -0.736. The zero-order chi connectivity index (χ0) is 22.8. The third-order valence-corrected chi connectivity index (χ3v) is 4.96. The molecule has 32 heavy (non-hydrogen) atoms. The molecule has 0 aliphatic rings. The molecule has 0 atom stereocenters. The molecule has 2 aromatic carbocycles. The number of pyridine rings is 1. The first-order chi connectivity index (χ1) is 15.3. The Morgan fingerprint density at radius 2 is 1.81 bits per heavy atom. The van der Waals surface area contributed by atoms with E-state index in [2.05, 4.69) is 15.3 Å². The van der Waals surface area contributed by atoms with E-state index >= 15 is 0 Å². The van der Waals surface area contributed by atoms with Gasteiger partial charge in [0.15, 0.2) is 0 Å². The van der Waals surface area contributed by atoms with Crippen LogP contribution in [0.4, 0.5) is 5.69 Å². The number of aryl methyl sites for hydroxylation is 1. The summed E-state index contributed by atoms with van der Waals surface area (Å²) in [4.78, 5) is 54.7. The van der Waals surface area contributed by atoms with Crippen LogP contribution >= 0.6 is 11.6 Å². The fraction of sp³-hybridized carbons (Fsp3) is 0.0455. The summed E-state index contributed by atoms with van der Waals surface area (Å²) in [5, 5.41) is 3.12. The Labute approximate surface area is 185 Å². The molecule has 0 fully saturated rings. The van der Waals surface area contributed by atoms with Gasteiger partial charge in [0.1, 0.15) is 11.4 Å². The maximum Gasteiger partial charge on any atom is 0.345 e. The van der Waals surface area contributed by atoms with Crippen LogP contribution in [-0.4, -0.2) is 26.4 Å². The second-order valence-electron chi connectivity index (χ2n) is 6.76. The van der Waals surface area contributed by atoms with Crippen LogP contribution in [0, 0.1) is 0 Å². The van der Waals surface area contributed by atoms with Gasteiger partial charge in [-0.25, -0.2) is 14.6 Å². The average Bonchev–Trinajstić information content (AvgIpc) is 2.78. The SMILES string of the molecule is Cn1c(=O)[nH]c(=O)c2cc(C(=O)Oc3ccc(NC(=O)c4ccccc4Cl)cc3)cnc21. The van der Waals surface area contributed by atoms with E-state index in [4.69, 9.17) is 16.3 Å². The quantitative estimate of drug-likeness (QED) is 0.364. The molecule has 2 heterocycles. The third-order valence-electron chi connectivity index (χ3n) is 4.63. The van der Waals surface area contributed by atoms with Crippen LogP contribution < -0.4 is 21.3 Å². The lowest BCUT2D eigenvalue weighted by atomic mass is 10.2. The lowest BCUT2D eigenvalue weighted by Crippen LogP contribution is -2.29. The number of hydrogen-bond acceptors (Lipinski definition) is 6. The lowest BCUT2D eigenvalue weighted by molar-refractivity contribution is 0.0734. The summed E-state index contributed by atoms with van der Waals surface area (Å²) >= 11 is 6.03. The highest BCUT2D eigenvalue weighted by atomic mass is 35.5. The number of hydrogen-bond donors (Lipinski definition) is 2. The van der Waals surface area contributed by atoms with Gasteiger partial charge in [-0.3, -0.25) is 19.1 Å². The molecule has 9 nitrogen and oxygen atoms in total. The van der Waals surface area contributed by atoms with Crippen LogP contribution in [0.2, 0.25) is 5.02 Å². The summed E-state index contributed by atoms with van der Waals surface area (Å²) in [5.41, 5.74) is -0.252. The van der Waals surface area contributed by atoms with Gasteiger partial charge in [-0.1, -0.05) is 23.7 Å². The molecule has 0 bridgehead atoms. The molecule has 0 aliphatic carbocycles. The van der Waals surface area contributed by atoms with Crippen molar-refractivity contribution in [2.24, 2.45) is 7.05 Å². The molecule has 2 N–H and O–H groups in total. The summed E-state index contributed by atoms with van der Waals surface area (Å²) < 4.78 is 6.48. The number of aromatic amines is 1. The number of carbonyl (C=O) groups excluding carboxylic acids is 2. The fourth-order valence-corrected chi connectivity index (χ4v) is 3.19. The first kappa shape index (κ1) is 21.0. The van der Waals surface area contributed by atoms with Gasteiger partial charge in [0, 0.05) is 18.9 Å². The minimum absolute atomic E-state index is 0.0396. The summed E-state index contributed by atoms with van der Waals surface area (Å²) in [6.45, 7) is 0. The molecule has 0 unspecified atom stereocenters. The van der Waals surface area contributed by atoms with Gasteiger partial charge < -0.3 is 10.1 Å². The fourth-order valence-electron chi connectivity index (χ4n) is 2.96. The van der Waals surface area contributed by atoms with Crippen molar-refractivity contribution in [3.05, 3.63) is 97.8 Å². The van der Waals surface area contributed by atoms with Crippen molar-refractivity contribution < 1.29 is 14.3 Å². The van der Waals surface area contributed by atoms with Gasteiger partial charge in [0.05, 0.1) is 21.5 Å². The third kappa shape index (κ3) is 4.14. The van der Waals surface area contributed by atoms with E-state index < -0.39 is 17.2 Å². The molecule has 2 aromatic heterocycles. The van der Waals surface area contributed by atoms with Gasteiger partial charge in [0.25, 0.3) is 11.5 Å². The van der Waals surface area contributed by atoms with E-state index in [1.54, 1.807) is 36.4 Å². The second kappa shape index (κ2) is 8.48. The molecule has 0 radical (unpaired) electrons. The molecular weight excluding hydrogens is 436 g/mol. The molecule has 10 heteroatoms. The highest BCUT2D eigenvalue weighted by Gasteiger charge is 2.14. The average molecular weight is 451 g/mol. The highest BCUT2D eigenvalue weighted by molar-refractivity contribution is 6.34. The monoisotopic (exact) mass is 450 g/mol. The number of carbonyl (C=O) groups is 2. The maximum atomic E-state index is 12.5. The number of amides is 1. The Morgan fingerprint density at radius 1 is 1.09 bits per heavy atom. The van der Waals surface area contributed by atoms with E-state index in [1.165, 1.54) is 36.0 Å². The smallest absolute Gasteiger partial charge is 0.345 e. The molecule has 0 spiro atoms. The van der Waals surface area contributed by atoms with Crippen LogP contribution in [0.3, 0.4) is 0 Å². The van der Waals surface area contributed by atoms with Crippen LogP contribution in [0.5, 0.6) is 5.75 Å². The Bertz CT molecular complexity index is 1470. The zero-order valence-electron chi connectivity index (χ0n) is 16.6. The van der Waals surface area contributed by atoms with E-state index in [-0.39, 0.29) is 28.3 Å². The first-order valence-corrected chi connectivity index (χ1v) is 9.68. The number of aromatic nitrogens is 3. The Morgan fingerprint density at radius 3 is 2.53 bits per heavy atom. The Hall–Kier alpha value is -4.24. The van der Waals surface area contributed by atoms with Crippen LogP contribution in [-0.2, 0) is 7.05 Å². The molecule has 160 valence electrons. The predicted molar refractivity (Wildman–Crippen MR) is 118 cm³/mol. The van der Waals surface area contributed by atoms with Gasteiger partial charge in [-0.2, -0.15) is 0 Å². The van der Waals surface area contributed by atoms with Crippen LogP contribution in [0.15, 0.2) is 70.4 Å². The van der Waals surface area contributed by atoms with Crippen molar-refractivity contribution in [3.8, 4) is 5.75 Å². The van der Waals surface area contributed by atoms with Gasteiger partial charge in [-0.15, -0.1) is 0 Å². The zero-order valence-corrected chi connectivity index (χ0v) is 17.3. The number of nitrogens with one attached hydrogen (secondary N) is 2. The molecule has 0 saturated carbocycles. The largest absolute Gasteiger partial charge is 0.423 e. The summed E-state index contributed by atoms with van der Waals surface area (Å²) in [7, 11) is 1.46. The number of esters is 1. The number of rotatable bonds is 4. The first-order valence-electron chi connectivity index (χ1n) is 9.30. The number of halogens is 1. The summed E-state index contributed by atoms with van der Waals surface area (Å²) in [5.74, 6) is -0.886. The van der Waals surface area contributed by atoms with E-state index in [1.807, 2.05) is 0 Å². The number of fused-ring (bicyclic) bond motifs is 1. The van der Waals surface area contributed by atoms with Crippen LogP contribution in [0.25, 0.3) is 11.0 Å². The van der Waals surface area contributed by atoms with E-state index in [9.17, 15) is 19.2 Å². The van der Waals surface area contributed by atoms with Gasteiger partial charge in [-0.05, 0) is 42.5 Å². The van der Waals surface area contributed by atoms with Gasteiger partial charge >= 0.3 is 11.7 Å². The van der Waals surface area contributed by atoms with Crippen molar-refractivity contribution in [2.75, 3.05) is 5.32 Å². The normalized spacial score (nSPS) is 10.7. The second-order valence-corrected chi connectivity index (χ2v) is 7.17.